The summed E-state index contributed by atoms with van der Waals surface area (Å²) in [6, 6.07) is 23.2. The van der Waals surface area contributed by atoms with Crippen LogP contribution in [0.4, 0.5) is 0 Å². The van der Waals surface area contributed by atoms with Gasteiger partial charge in [0, 0.05) is 5.02 Å². The highest BCUT2D eigenvalue weighted by atomic mass is 35.5. The normalized spacial score (nSPS) is 11.6. The third-order valence-corrected chi connectivity index (χ3v) is 4.89. The van der Waals surface area contributed by atoms with Crippen molar-refractivity contribution in [3.8, 4) is 0 Å². The van der Waals surface area contributed by atoms with Gasteiger partial charge in [-0.15, -0.1) is 0 Å². The summed E-state index contributed by atoms with van der Waals surface area (Å²) >= 11 is 6.11. The van der Waals surface area contributed by atoms with Gasteiger partial charge in [0.25, 0.3) is 5.56 Å². The highest BCUT2D eigenvalue weighted by molar-refractivity contribution is 6.31. The molecule has 5 heteroatoms. The second kappa shape index (κ2) is 5.71. The smallest absolute Gasteiger partial charge is 0.267 e. The molecule has 0 saturated heterocycles. The zero-order chi connectivity index (χ0) is 17.7. The second-order valence-electron chi connectivity index (χ2n) is 6.27. The van der Waals surface area contributed by atoms with Gasteiger partial charge in [0.2, 0.25) is 5.78 Å². The summed E-state index contributed by atoms with van der Waals surface area (Å²) in [5.74, 6) is 0.620. The molecule has 0 aliphatic carbocycles. The van der Waals surface area contributed by atoms with Gasteiger partial charge in [0.15, 0.2) is 0 Å². The fraction of sp³-hybridized carbons (Fsp3) is 0.0476. The van der Waals surface area contributed by atoms with Crippen LogP contribution in [0.2, 0.25) is 5.02 Å². The van der Waals surface area contributed by atoms with E-state index in [-0.39, 0.29) is 5.56 Å². The highest BCUT2D eigenvalue weighted by Gasteiger charge is 2.16. The van der Waals surface area contributed by atoms with Gasteiger partial charge in [-0.1, -0.05) is 54.1 Å². The van der Waals surface area contributed by atoms with Crippen molar-refractivity contribution in [1.29, 1.82) is 0 Å². The van der Waals surface area contributed by atoms with E-state index in [1.54, 1.807) is 22.6 Å². The number of aromatic nitrogens is 3. The number of para-hydroxylation sites is 2. The van der Waals surface area contributed by atoms with Gasteiger partial charge in [-0.25, -0.2) is 9.38 Å². The van der Waals surface area contributed by atoms with E-state index < -0.39 is 0 Å². The van der Waals surface area contributed by atoms with E-state index in [2.05, 4.69) is 16.7 Å². The standard InChI is InChI=1S/C21H14ClN3O/c22-15-10-11-16-17(12-15)23-21-24(13-14-6-2-1-3-7-14)18-8-4-5-9-19(18)25(21)20(16)26/h1-12H,13H2. The van der Waals surface area contributed by atoms with Crippen molar-refractivity contribution in [3.05, 3.63) is 93.7 Å². The Morgan fingerprint density at radius 2 is 1.62 bits per heavy atom. The number of rotatable bonds is 2. The average Bonchev–Trinajstić information content (AvgIpc) is 2.96. The summed E-state index contributed by atoms with van der Waals surface area (Å²) in [5.41, 5.74) is 3.51. The molecule has 0 unspecified atom stereocenters. The summed E-state index contributed by atoms with van der Waals surface area (Å²) in [6.07, 6.45) is 0. The van der Waals surface area contributed by atoms with E-state index in [1.165, 1.54) is 0 Å². The molecular formula is C21H14ClN3O. The minimum atomic E-state index is -0.0790. The predicted molar refractivity (Wildman–Crippen MR) is 105 cm³/mol. The van der Waals surface area contributed by atoms with E-state index in [4.69, 9.17) is 16.6 Å². The van der Waals surface area contributed by atoms with Crippen molar-refractivity contribution in [3.63, 3.8) is 0 Å². The molecule has 2 heterocycles. The fourth-order valence-corrected chi connectivity index (χ4v) is 3.62. The molecule has 0 aliphatic heterocycles. The molecule has 0 bridgehead atoms. The lowest BCUT2D eigenvalue weighted by Crippen LogP contribution is -2.15. The number of benzene rings is 3. The molecule has 126 valence electrons. The first-order valence-corrected chi connectivity index (χ1v) is 8.73. The van der Waals surface area contributed by atoms with Crippen LogP contribution in [0.25, 0.3) is 27.7 Å². The van der Waals surface area contributed by atoms with Crippen LogP contribution in [-0.2, 0) is 6.54 Å². The number of imidazole rings is 1. The van der Waals surface area contributed by atoms with Crippen LogP contribution < -0.4 is 5.56 Å². The number of hydrogen-bond donors (Lipinski definition) is 0. The zero-order valence-electron chi connectivity index (χ0n) is 13.8. The number of fused-ring (bicyclic) bond motifs is 4. The highest BCUT2D eigenvalue weighted by Crippen LogP contribution is 2.23. The SMILES string of the molecule is O=c1c2ccc(Cl)cc2nc2n(Cc3ccccc3)c3ccccc3n12. The van der Waals surface area contributed by atoms with Crippen molar-refractivity contribution >= 4 is 39.3 Å². The third kappa shape index (κ3) is 2.23. The van der Waals surface area contributed by atoms with Crippen molar-refractivity contribution in [1.82, 2.24) is 14.0 Å². The maximum atomic E-state index is 13.1. The van der Waals surface area contributed by atoms with Crippen molar-refractivity contribution < 1.29 is 0 Å². The molecule has 0 N–H and O–H groups in total. The van der Waals surface area contributed by atoms with Gasteiger partial charge in [0.05, 0.1) is 28.5 Å². The first-order valence-electron chi connectivity index (χ1n) is 8.35. The summed E-state index contributed by atoms with van der Waals surface area (Å²) in [7, 11) is 0. The van der Waals surface area contributed by atoms with E-state index in [1.807, 2.05) is 42.5 Å². The molecule has 0 aliphatic rings. The number of hydrogen-bond acceptors (Lipinski definition) is 2. The van der Waals surface area contributed by atoms with Crippen LogP contribution in [-0.4, -0.2) is 14.0 Å². The van der Waals surface area contributed by atoms with Gasteiger partial charge >= 0.3 is 0 Å². The summed E-state index contributed by atoms with van der Waals surface area (Å²) in [5, 5.41) is 1.13. The summed E-state index contributed by atoms with van der Waals surface area (Å²) < 4.78 is 3.76. The van der Waals surface area contributed by atoms with Crippen LogP contribution in [0.5, 0.6) is 0 Å². The maximum Gasteiger partial charge on any atom is 0.267 e. The third-order valence-electron chi connectivity index (χ3n) is 4.65. The van der Waals surface area contributed by atoms with Crippen LogP contribution in [0, 0.1) is 0 Å². The van der Waals surface area contributed by atoms with Crippen LogP contribution >= 0.6 is 11.6 Å². The number of nitrogens with zero attached hydrogens (tertiary/aromatic N) is 3. The quantitative estimate of drug-likeness (QED) is 0.465. The molecule has 5 aromatic rings. The zero-order valence-corrected chi connectivity index (χ0v) is 14.5. The largest absolute Gasteiger partial charge is 0.305 e. The minimum absolute atomic E-state index is 0.0790. The Balaban J connectivity index is 1.93. The Morgan fingerprint density at radius 1 is 0.885 bits per heavy atom. The topological polar surface area (TPSA) is 39.3 Å². The molecule has 0 amide bonds. The Kier molecular flexibility index (Phi) is 3.33. The number of halogens is 1. The van der Waals surface area contributed by atoms with E-state index >= 15 is 0 Å². The molecule has 0 radical (unpaired) electrons. The van der Waals surface area contributed by atoms with Gasteiger partial charge in [-0.05, 0) is 35.9 Å². The van der Waals surface area contributed by atoms with Crippen molar-refractivity contribution in [2.45, 2.75) is 6.54 Å². The molecule has 0 fully saturated rings. The van der Waals surface area contributed by atoms with E-state index in [0.717, 1.165) is 16.6 Å². The lowest BCUT2D eigenvalue weighted by atomic mass is 10.2. The lowest BCUT2D eigenvalue weighted by Gasteiger charge is -2.07. The molecule has 2 aromatic heterocycles. The van der Waals surface area contributed by atoms with Gasteiger partial charge in [-0.2, -0.15) is 0 Å². The van der Waals surface area contributed by atoms with Crippen LogP contribution in [0.15, 0.2) is 77.6 Å². The van der Waals surface area contributed by atoms with Gasteiger partial charge in [0.1, 0.15) is 0 Å². The molecule has 5 rings (SSSR count). The van der Waals surface area contributed by atoms with Crippen LogP contribution in [0.1, 0.15) is 5.56 Å². The van der Waals surface area contributed by atoms with Gasteiger partial charge < -0.3 is 4.57 Å². The van der Waals surface area contributed by atoms with Gasteiger partial charge in [-0.3, -0.25) is 4.79 Å². The predicted octanol–water partition coefficient (Wildman–Crippen LogP) is 4.50. The molecule has 0 atom stereocenters. The first-order chi connectivity index (χ1) is 12.7. The molecule has 4 nitrogen and oxygen atoms in total. The van der Waals surface area contributed by atoms with Crippen molar-refractivity contribution in [2.75, 3.05) is 0 Å². The molecule has 3 aromatic carbocycles. The Hall–Kier alpha value is -3.11. The first kappa shape index (κ1) is 15.2. The Bertz CT molecular complexity index is 1340. The molecule has 26 heavy (non-hydrogen) atoms. The van der Waals surface area contributed by atoms with Crippen molar-refractivity contribution in [2.24, 2.45) is 0 Å². The van der Waals surface area contributed by atoms with E-state index in [0.29, 0.717) is 28.2 Å². The Labute approximate surface area is 153 Å². The summed E-state index contributed by atoms with van der Waals surface area (Å²) in [4.78, 5) is 17.9. The van der Waals surface area contributed by atoms with E-state index in [9.17, 15) is 4.79 Å². The molecular weight excluding hydrogens is 346 g/mol. The second-order valence-corrected chi connectivity index (χ2v) is 6.71. The molecule has 0 saturated carbocycles. The lowest BCUT2D eigenvalue weighted by molar-refractivity contribution is 0.838. The molecule has 0 spiro atoms. The Morgan fingerprint density at radius 3 is 2.42 bits per heavy atom. The average molecular weight is 360 g/mol. The fourth-order valence-electron chi connectivity index (χ4n) is 3.46. The monoisotopic (exact) mass is 359 g/mol. The minimum Gasteiger partial charge on any atom is -0.305 e. The maximum absolute atomic E-state index is 13.1. The summed E-state index contributed by atoms with van der Waals surface area (Å²) in [6.45, 7) is 0.635. The van der Waals surface area contributed by atoms with Crippen LogP contribution in [0.3, 0.4) is 0 Å².